The fraction of sp³-hybridized carbons (Fsp3) is 0.100. The van der Waals surface area contributed by atoms with Crippen LogP contribution in [0.3, 0.4) is 0 Å². The summed E-state index contributed by atoms with van der Waals surface area (Å²) in [4.78, 5) is 11.7. The van der Waals surface area contributed by atoms with E-state index < -0.39 is 5.91 Å². The lowest BCUT2D eigenvalue weighted by molar-refractivity contribution is -0.114. The molecule has 0 bridgehead atoms. The first kappa shape index (κ1) is 16.3. The molecule has 5 nitrogen and oxygen atoms in total. The second kappa shape index (κ2) is 6.54. The molecule has 0 saturated heterocycles. The number of carbonyl (C=O) groups excluding carboxylic acids is 1. The van der Waals surface area contributed by atoms with Gasteiger partial charge in [0.15, 0.2) is 0 Å². The number of hydrogen-bond acceptors (Lipinski definition) is 4. The van der Waals surface area contributed by atoms with Crippen molar-refractivity contribution in [1.82, 2.24) is 0 Å². The number of primary amides is 1. The number of fused-ring (bicyclic) bond motifs is 1. The van der Waals surface area contributed by atoms with Gasteiger partial charge in [0.05, 0.1) is 7.11 Å². The summed E-state index contributed by atoms with van der Waals surface area (Å²) in [7, 11) is 1.59. The molecule has 1 aliphatic heterocycles. The number of ether oxygens (including phenoxy) is 2. The van der Waals surface area contributed by atoms with Gasteiger partial charge >= 0.3 is 0 Å². The van der Waals surface area contributed by atoms with E-state index >= 15 is 0 Å². The summed E-state index contributed by atoms with van der Waals surface area (Å²) in [5, 5.41) is 9.37. The van der Waals surface area contributed by atoms with Crippen LogP contribution in [0.25, 0.3) is 11.3 Å². The highest BCUT2D eigenvalue weighted by molar-refractivity contribution is 6.08. The molecule has 0 radical (unpaired) electrons. The minimum absolute atomic E-state index is 0.0961. The van der Waals surface area contributed by atoms with E-state index in [1.165, 1.54) is 0 Å². The maximum Gasteiger partial charge on any atom is 0.259 e. The minimum Gasteiger partial charge on any atom is -0.497 e. The van der Waals surface area contributed by atoms with Crippen LogP contribution in [0.15, 0.2) is 54.1 Å². The number of hydrogen-bond donors (Lipinski definition) is 1. The van der Waals surface area contributed by atoms with Gasteiger partial charge in [0.2, 0.25) is 0 Å². The Labute approximate surface area is 145 Å². The fourth-order valence-electron chi connectivity index (χ4n) is 2.65. The summed E-state index contributed by atoms with van der Waals surface area (Å²) in [5.74, 6) is 1.06. The van der Waals surface area contributed by atoms with Gasteiger partial charge in [-0.25, -0.2) is 0 Å². The molecule has 1 aliphatic rings. The lowest BCUT2D eigenvalue weighted by atomic mass is 9.94. The van der Waals surface area contributed by atoms with Gasteiger partial charge in [0.1, 0.15) is 28.9 Å². The third kappa shape index (κ3) is 3.10. The van der Waals surface area contributed by atoms with Crippen LogP contribution in [0.4, 0.5) is 0 Å². The lowest BCUT2D eigenvalue weighted by Crippen LogP contribution is -2.16. The number of amides is 1. The Hall–Kier alpha value is -3.52. The molecule has 0 saturated carbocycles. The topological polar surface area (TPSA) is 85.3 Å². The number of methoxy groups -OCH3 is 1. The Morgan fingerprint density at radius 2 is 1.92 bits per heavy atom. The zero-order valence-corrected chi connectivity index (χ0v) is 13.9. The summed E-state index contributed by atoms with van der Waals surface area (Å²) in [6, 6.07) is 14.8. The van der Waals surface area contributed by atoms with E-state index in [9.17, 15) is 10.1 Å². The van der Waals surface area contributed by atoms with Crippen molar-refractivity contribution in [2.45, 2.75) is 6.92 Å². The van der Waals surface area contributed by atoms with Crippen molar-refractivity contribution < 1.29 is 14.3 Å². The van der Waals surface area contributed by atoms with Crippen molar-refractivity contribution >= 4 is 17.2 Å². The molecular formula is C20H16N2O3. The van der Waals surface area contributed by atoms with Crippen molar-refractivity contribution in [3.63, 3.8) is 0 Å². The second-order valence-electron chi connectivity index (χ2n) is 5.60. The molecule has 5 heteroatoms. The molecule has 25 heavy (non-hydrogen) atoms. The molecule has 0 atom stereocenters. The van der Waals surface area contributed by atoms with Crippen LogP contribution in [-0.4, -0.2) is 13.0 Å². The Morgan fingerprint density at radius 1 is 1.20 bits per heavy atom. The first-order valence-corrected chi connectivity index (χ1v) is 7.62. The van der Waals surface area contributed by atoms with Crippen LogP contribution in [0, 0.1) is 18.3 Å². The predicted molar refractivity (Wildman–Crippen MR) is 94.5 cm³/mol. The molecule has 124 valence electrons. The SMILES string of the molecule is COc1ccc(C2=CC(=C(C#N)C(N)=O)c3cc(C)ccc3O2)cc1. The van der Waals surface area contributed by atoms with Crippen LogP contribution in [0.1, 0.15) is 16.7 Å². The van der Waals surface area contributed by atoms with Gasteiger partial charge in [0.25, 0.3) is 5.91 Å². The van der Waals surface area contributed by atoms with Gasteiger partial charge in [-0.05, 0) is 49.4 Å². The Balaban J connectivity index is 2.20. The van der Waals surface area contributed by atoms with Gasteiger partial charge in [0, 0.05) is 16.7 Å². The zero-order valence-electron chi connectivity index (χ0n) is 13.9. The average Bonchev–Trinajstić information content (AvgIpc) is 2.62. The summed E-state index contributed by atoms with van der Waals surface area (Å²) >= 11 is 0. The number of nitrogens with zero attached hydrogens (tertiary/aromatic N) is 1. The normalized spacial score (nSPS) is 14.5. The molecule has 0 aromatic heterocycles. The third-order valence-corrected chi connectivity index (χ3v) is 3.92. The first-order valence-electron chi connectivity index (χ1n) is 7.62. The average molecular weight is 332 g/mol. The van der Waals surface area contributed by atoms with Crippen molar-refractivity contribution in [1.29, 1.82) is 5.26 Å². The number of allylic oxidation sites excluding steroid dienone is 2. The zero-order chi connectivity index (χ0) is 18.0. The third-order valence-electron chi connectivity index (χ3n) is 3.92. The summed E-state index contributed by atoms with van der Waals surface area (Å²) in [6.45, 7) is 1.93. The summed E-state index contributed by atoms with van der Waals surface area (Å²) in [6.07, 6.45) is 1.67. The van der Waals surface area contributed by atoms with Crippen LogP contribution < -0.4 is 15.2 Å². The quantitative estimate of drug-likeness (QED) is 0.691. The highest BCUT2D eigenvalue weighted by Gasteiger charge is 2.23. The van der Waals surface area contributed by atoms with Crippen LogP contribution >= 0.6 is 0 Å². The van der Waals surface area contributed by atoms with E-state index in [1.807, 2.05) is 55.5 Å². The molecule has 0 fully saturated rings. The maximum absolute atomic E-state index is 11.7. The number of aryl methyl sites for hydroxylation is 1. The highest BCUT2D eigenvalue weighted by Crippen LogP contribution is 2.39. The molecule has 1 amide bonds. The number of nitrogens with two attached hydrogens (primary N) is 1. The van der Waals surface area contributed by atoms with Crippen molar-refractivity contribution in [3.05, 3.63) is 70.8 Å². The Bertz CT molecular complexity index is 948. The lowest BCUT2D eigenvalue weighted by Gasteiger charge is -2.21. The van der Waals surface area contributed by atoms with E-state index in [0.29, 0.717) is 22.6 Å². The molecule has 2 N–H and O–H groups in total. The van der Waals surface area contributed by atoms with Crippen LogP contribution in [0.5, 0.6) is 11.5 Å². The van der Waals surface area contributed by atoms with Gasteiger partial charge < -0.3 is 15.2 Å². The highest BCUT2D eigenvalue weighted by atomic mass is 16.5. The molecule has 3 rings (SSSR count). The molecule has 0 unspecified atom stereocenters. The monoisotopic (exact) mass is 332 g/mol. The molecule has 0 aliphatic carbocycles. The number of benzene rings is 2. The van der Waals surface area contributed by atoms with Crippen molar-refractivity contribution in [2.24, 2.45) is 5.73 Å². The van der Waals surface area contributed by atoms with E-state index in [0.717, 1.165) is 16.9 Å². The first-order chi connectivity index (χ1) is 12.0. The maximum atomic E-state index is 11.7. The number of carbonyl (C=O) groups is 1. The largest absolute Gasteiger partial charge is 0.497 e. The standard InChI is InChI=1S/C20H16N2O3/c1-12-3-8-18-16(9-12)15(17(11-21)20(22)23)10-19(25-18)13-4-6-14(24-2)7-5-13/h3-10H,1-2H3,(H2,22,23). The van der Waals surface area contributed by atoms with Gasteiger partial charge in [-0.2, -0.15) is 5.26 Å². The van der Waals surface area contributed by atoms with Gasteiger partial charge in [-0.15, -0.1) is 0 Å². The van der Waals surface area contributed by atoms with Gasteiger partial charge in [-0.3, -0.25) is 4.79 Å². The van der Waals surface area contributed by atoms with Crippen LogP contribution in [0.2, 0.25) is 0 Å². The summed E-state index contributed by atoms with van der Waals surface area (Å²) in [5.41, 5.74) is 8.22. The van der Waals surface area contributed by atoms with Gasteiger partial charge in [-0.1, -0.05) is 11.6 Å². The molecule has 1 heterocycles. The molecule has 2 aromatic rings. The van der Waals surface area contributed by atoms with E-state index in [1.54, 1.807) is 13.2 Å². The molecule has 0 spiro atoms. The minimum atomic E-state index is -0.766. The fourth-order valence-corrected chi connectivity index (χ4v) is 2.65. The molecular weight excluding hydrogens is 316 g/mol. The van der Waals surface area contributed by atoms with Crippen LogP contribution in [-0.2, 0) is 4.79 Å². The predicted octanol–water partition coefficient (Wildman–Crippen LogP) is 3.20. The van der Waals surface area contributed by atoms with E-state index in [4.69, 9.17) is 15.2 Å². The van der Waals surface area contributed by atoms with Crippen molar-refractivity contribution in [3.8, 4) is 17.6 Å². The Morgan fingerprint density at radius 3 is 2.52 bits per heavy atom. The van der Waals surface area contributed by atoms with E-state index in [-0.39, 0.29) is 5.57 Å². The van der Waals surface area contributed by atoms with Crippen molar-refractivity contribution in [2.75, 3.05) is 7.11 Å². The van der Waals surface area contributed by atoms with E-state index in [2.05, 4.69) is 0 Å². The Kier molecular flexibility index (Phi) is 4.27. The number of rotatable bonds is 3. The molecule has 2 aromatic carbocycles. The number of nitriles is 1. The smallest absolute Gasteiger partial charge is 0.259 e. The summed E-state index contributed by atoms with van der Waals surface area (Å²) < 4.78 is 11.1. The second-order valence-corrected chi connectivity index (χ2v) is 5.60.